The van der Waals surface area contributed by atoms with E-state index in [0.29, 0.717) is 13.1 Å². The molecule has 1 amide bonds. The van der Waals surface area contributed by atoms with Gasteiger partial charge >= 0.3 is 0 Å². The molecule has 1 saturated heterocycles. The molecule has 0 unspecified atom stereocenters. The van der Waals surface area contributed by atoms with Crippen LogP contribution in [-0.4, -0.2) is 56.7 Å². The lowest BCUT2D eigenvalue weighted by Gasteiger charge is -2.35. The van der Waals surface area contributed by atoms with Gasteiger partial charge in [0.15, 0.2) is 5.82 Å². The van der Waals surface area contributed by atoms with Gasteiger partial charge in [-0.3, -0.25) is 4.79 Å². The second-order valence-corrected chi connectivity index (χ2v) is 7.73. The minimum Gasteiger partial charge on any atom is -0.353 e. The SMILES string of the molecule is Cc1cc(C)cc(C(=O)N2CCN(c3cc(-n4nc(C)cc4C)ncn3)CC2)c1. The van der Waals surface area contributed by atoms with Crippen molar-refractivity contribution in [2.75, 3.05) is 31.1 Å². The molecule has 7 nitrogen and oxygen atoms in total. The number of nitrogens with zero attached hydrogens (tertiary/aromatic N) is 6. The highest BCUT2D eigenvalue weighted by Crippen LogP contribution is 2.19. The molecule has 0 radical (unpaired) electrons. The summed E-state index contributed by atoms with van der Waals surface area (Å²) in [5.41, 5.74) is 5.00. The molecule has 0 bridgehead atoms. The molecule has 3 heterocycles. The maximum Gasteiger partial charge on any atom is 0.253 e. The van der Waals surface area contributed by atoms with Crippen LogP contribution in [0.4, 0.5) is 5.82 Å². The van der Waals surface area contributed by atoms with Crippen LogP contribution < -0.4 is 4.90 Å². The summed E-state index contributed by atoms with van der Waals surface area (Å²) in [5.74, 6) is 1.72. The second-order valence-electron chi connectivity index (χ2n) is 7.73. The number of hydrogen-bond donors (Lipinski definition) is 0. The summed E-state index contributed by atoms with van der Waals surface area (Å²) in [5, 5.41) is 4.50. The van der Waals surface area contributed by atoms with E-state index in [-0.39, 0.29) is 5.91 Å². The summed E-state index contributed by atoms with van der Waals surface area (Å²) in [6, 6.07) is 10.0. The molecular formula is C22H26N6O. The number of carbonyl (C=O) groups excluding carboxylic acids is 1. The summed E-state index contributed by atoms with van der Waals surface area (Å²) in [6.07, 6.45) is 1.58. The van der Waals surface area contributed by atoms with Crippen molar-refractivity contribution in [3.8, 4) is 5.82 Å². The molecule has 0 saturated carbocycles. The smallest absolute Gasteiger partial charge is 0.253 e. The molecule has 150 valence electrons. The third kappa shape index (κ3) is 3.99. The van der Waals surface area contributed by atoms with Gasteiger partial charge < -0.3 is 9.80 Å². The maximum atomic E-state index is 12.9. The molecular weight excluding hydrogens is 364 g/mol. The van der Waals surface area contributed by atoms with Gasteiger partial charge in [-0.15, -0.1) is 0 Å². The van der Waals surface area contributed by atoms with Crippen LogP contribution in [-0.2, 0) is 0 Å². The number of carbonyl (C=O) groups is 1. The first kappa shape index (κ1) is 19.1. The lowest BCUT2D eigenvalue weighted by Crippen LogP contribution is -2.49. The predicted octanol–water partition coefficient (Wildman–Crippen LogP) is 2.86. The Balaban J connectivity index is 1.46. The molecule has 3 aromatic rings. The number of hydrogen-bond acceptors (Lipinski definition) is 5. The van der Waals surface area contributed by atoms with E-state index in [1.807, 2.05) is 61.5 Å². The Morgan fingerprint density at radius 1 is 0.828 bits per heavy atom. The average molecular weight is 390 g/mol. The molecule has 2 aromatic heterocycles. The molecule has 1 aromatic carbocycles. The van der Waals surface area contributed by atoms with Crippen molar-refractivity contribution >= 4 is 11.7 Å². The molecule has 0 aliphatic carbocycles. The Morgan fingerprint density at radius 2 is 1.48 bits per heavy atom. The van der Waals surface area contributed by atoms with E-state index in [1.54, 1.807) is 6.33 Å². The average Bonchev–Trinajstić information content (AvgIpc) is 3.05. The van der Waals surface area contributed by atoms with Crippen LogP contribution >= 0.6 is 0 Å². The van der Waals surface area contributed by atoms with Gasteiger partial charge in [0.25, 0.3) is 5.91 Å². The third-order valence-corrected chi connectivity index (χ3v) is 5.22. The lowest BCUT2D eigenvalue weighted by atomic mass is 10.1. The number of amides is 1. The zero-order chi connectivity index (χ0) is 20.5. The zero-order valence-corrected chi connectivity index (χ0v) is 17.4. The first-order valence-electron chi connectivity index (χ1n) is 9.89. The van der Waals surface area contributed by atoms with Crippen molar-refractivity contribution in [2.24, 2.45) is 0 Å². The van der Waals surface area contributed by atoms with Gasteiger partial charge in [0, 0.05) is 43.5 Å². The highest BCUT2D eigenvalue weighted by atomic mass is 16.2. The van der Waals surface area contributed by atoms with Crippen LogP contribution in [0.15, 0.2) is 36.7 Å². The Labute approximate surface area is 171 Å². The minimum absolute atomic E-state index is 0.0995. The van der Waals surface area contributed by atoms with E-state index >= 15 is 0 Å². The minimum atomic E-state index is 0.0995. The predicted molar refractivity (Wildman–Crippen MR) is 113 cm³/mol. The van der Waals surface area contributed by atoms with E-state index in [2.05, 4.69) is 26.0 Å². The fourth-order valence-corrected chi connectivity index (χ4v) is 3.91. The number of benzene rings is 1. The van der Waals surface area contributed by atoms with Crippen molar-refractivity contribution in [2.45, 2.75) is 27.7 Å². The Hall–Kier alpha value is -3.22. The third-order valence-electron chi connectivity index (χ3n) is 5.22. The molecule has 0 spiro atoms. The van der Waals surface area contributed by atoms with Crippen LogP contribution in [0.2, 0.25) is 0 Å². The first-order valence-corrected chi connectivity index (χ1v) is 9.89. The van der Waals surface area contributed by atoms with Crippen LogP contribution in [0.3, 0.4) is 0 Å². The number of aromatic nitrogens is 4. The van der Waals surface area contributed by atoms with Crippen molar-refractivity contribution in [1.29, 1.82) is 0 Å². The van der Waals surface area contributed by atoms with Gasteiger partial charge in [0.2, 0.25) is 0 Å². The highest BCUT2D eigenvalue weighted by Gasteiger charge is 2.23. The number of aryl methyl sites for hydroxylation is 4. The van der Waals surface area contributed by atoms with Crippen LogP contribution in [0.25, 0.3) is 5.82 Å². The van der Waals surface area contributed by atoms with Gasteiger partial charge in [-0.05, 0) is 45.9 Å². The maximum absolute atomic E-state index is 12.9. The highest BCUT2D eigenvalue weighted by molar-refractivity contribution is 5.94. The zero-order valence-electron chi connectivity index (χ0n) is 17.4. The van der Waals surface area contributed by atoms with Crippen molar-refractivity contribution in [3.05, 3.63) is 64.7 Å². The summed E-state index contributed by atoms with van der Waals surface area (Å²) in [4.78, 5) is 25.8. The number of rotatable bonds is 3. The topological polar surface area (TPSA) is 67.2 Å². The van der Waals surface area contributed by atoms with Gasteiger partial charge in [-0.2, -0.15) is 5.10 Å². The summed E-state index contributed by atoms with van der Waals surface area (Å²) < 4.78 is 1.83. The fourth-order valence-electron chi connectivity index (χ4n) is 3.91. The lowest BCUT2D eigenvalue weighted by molar-refractivity contribution is 0.0746. The molecule has 4 rings (SSSR count). The molecule has 0 atom stereocenters. The molecule has 1 aliphatic heterocycles. The monoisotopic (exact) mass is 390 g/mol. The Morgan fingerprint density at radius 3 is 2.10 bits per heavy atom. The summed E-state index contributed by atoms with van der Waals surface area (Å²) >= 11 is 0. The molecule has 29 heavy (non-hydrogen) atoms. The Kier molecular flexibility index (Phi) is 5.05. The van der Waals surface area contributed by atoms with Crippen LogP contribution in [0.1, 0.15) is 32.9 Å². The van der Waals surface area contributed by atoms with E-state index in [0.717, 1.165) is 52.8 Å². The molecule has 1 aliphatic rings. The molecule has 1 fully saturated rings. The van der Waals surface area contributed by atoms with Crippen molar-refractivity contribution in [3.63, 3.8) is 0 Å². The van der Waals surface area contributed by atoms with E-state index in [1.165, 1.54) is 0 Å². The second kappa shape index (κ2) is 7.66. The van der Waals surface area contributed by atoms with Gasteiger partial charge in [-0.25, -0.2) is 14.6 Å². The van der Waals surface area contributed by atoms with Gasteiger partial charge in [-0.1, -0.05) is 17.2 Å². The van der Waals surface area contributed by atoms with E-state index < -0.39 is 0 Å². The first-order chi connectivity index (χ1) is 13.9. The Bertz CT molecular complexity index is 1030. The van der Waals surface area contributed by atoms with E-state index in [4.69, 9.17) is 0 Å². The summed E-state index contributed by atoms with van der Waals surface area (Å²) in [6.45, 7) is 10.9. The molecule has 0 N–H and O–H groups in total. The molecule has 7 heteroatoms. The van der Waals surface area contributed by atoms with Crippen molar-refractivity contribution in [1.82, 2.24) is 24.6 Å². The van der Waals surface area contributed by atoms with Crippen molar-refractivity contribution < 1.29 is 4.79 Å². The number of anilines is 1. The van der Waals surface area contributed by atoms with Gasteiger partial charge in [0.05, 0.1) is 5.69 Å². The fraction of sp³-hybridized carbons (Fsp3) is 0.364. The van der Waals surface area contributed by atoms with E-state index in [9.17, 15) is 4.79 Å². The quantitative estimate of drug-likeness (QED) is 0.688. The standard InChI is InChI=1S/C22H26N6O/c1-15-9-16(2)11-19(10-15)22(29)27-7-5-26(6-8-27)20-13-21(24-14-23-20)28-18(4)12-17(3)25-28/h9-14H,5-8H2,1-4H3. The van der Waals surface area contributed by atoms with Gasteiger partial charge in [0.1, 0.15) is 12.1 Å². The van der Waals surface area contributed by atoms with Crippen LogP contribution in [0.5, 0.6) is 0 Å². The summed E-state index contributed by atoms with van der Waals surface area (Å²) in [7, 11) is 0. The number of piperazine rings is 1. The normalized spacial score (nSPS) is 14.3. The largest absolute Gasteiger partial charge is 0.353 e. The van der Waals surface area contributed by atoms with Crippen LogP contribution in [0, 0.1) is 27.7 Å².